The van der Waals surface area contributed by atoms with Crippen LogP contribution in [0.3, 0.4) is 0 Å². The molecule has 0 unspecified atom stereocenters. The van der Waals surface area contributed by atoms with Crippen LogP contribution in [-0.4, -0.2) is 16.9 Å². The van der Waals surface area contributed by atoms with Crippen LogP contribution in [0.2, 0.25) is 6.04 Å². The first-order valence-corrected chi connectivity index (χ1v) is 7.48. The fraction of sp³-hybridized carbons (Fsp3) is 1.00. The quantitative estimate of drug-likeness (QED) is 0.406. The van der Waals surface area contributed by atoms with Crippen molar-refractivity contribution in [3.8, 4) is 0 Å². The number of rotatable bonds is 10. The third-order valence-electron chi connectivity index (χ3n) is 2.45. The summed E-state index contributed by atoms with van der Waals surface area (Å²) < 4.78 is 5.14. The highest BCUT2D eigenvalue weighted by atomic mass is 28.2. The minimum absolute atomic E-state index is 0. The van der Waals surface area contributed by atoms with Gasteiger partial charge >= 0.3 is 0 Å². The zero-order valence-corrected chi connectivity index (χ0v) is 11.3. The molecule has 0 heterocycles. The van der Waals surface area contributed by atoms with E-state index in [1.165, 1.54) is 57.4 Å². The summed E-state index contributed by atoms with van der Waals surface area (Å²) in [7, 11) is 1.72. The molecule has 0 aromatic carbocycles. The van der Waals surface area contributed by atoms with Crippen LogP contribution in [0.5, 0.6) is 0 Å². The van der Waals surface area contributed by atoms with Crippen LogP contribution in [0, 0.1) is 0 Å². The lowest BCUT2D eigenvalue weighted by atomic mass is 10.1. The van der Waals surface area contributed by atoms with Gasteiger partial charge in [0.25, 0.3) is 0 Å². The van der Waals surface area contributed by atoms with E-state index in [-0.39, 0.29) is 14.5 Å². The van der Waals surface area contributed by atoms with Crippen LogP contribution >= 0.6 is 0 Å². The summed E-state index contributed by atoms with van der Waals surface area (Å²) >= 11 is 0. The second-order valence-electron chi connectivity index (χ2n) is 3.82. The van der Waals surface area contributed by atoms with Crippen molar-refractivity contribution < 1.29 is 9.13 Å². The number of halogens is 1. The molecule has 0 atom stereocenters. The second kappa shape index (κ2) is 15.6. The molecule has 0 fully saturated rings. The van der Waals surface area contributed by atoms with Crippen LogP contribution in [0.4, 0.5) is 4.70 Å². The minimum Gasteiger partial charge on any atom is -0.427 e. The van der Waals surface area contributed by atoms with E-state index in [0.717, 1.165) is 0 Å². The van der Waals surface area contributed by atoms with Crippen molar-refractivity contribution in [1.82, 2.24) is 0 Å². The summed E-state index contributed by atoms with van der Waals surface area (Å²) in [4.78, 5) is 0. The van der Waals surface area contributed by atoms with Crippen molar-refractivity contribution in [2.75, 3.05) is 7.11 Å². The predicted molar refractivity (Wildman–Crippen MR) is 65.5 cm³/mol. The number of unbranched alkanes of at least 4 members (excludes halogenated alkanes) is 7. The summed E-state index contributed by atoms with van der Waals surface area (Å²) in [6, 6.07) is 1.38. The topological polar surface area (TPSA) is 9.23 Å². The Balaban J connectivity index is 0. The van der Waals surface area contributed by atoms with Crippen LogP contribution in [0.25, 0.3) is 0 Å². The molecule has 0 radical (unpaired) electrons. The number of hydrogen-bond donors (Lipinski definition) is 0. The van der Waals surface area contributed by atoms with E-state index in [1.54, 1.807) is 0 Å². The van der Waals surface area contributed by atoms with Gasteiger partial charge in [0, 0.05) is 7.11 Å². The zero-order valence-electron chi connectivity index (χ0n) is 9.89. The van der Waals surface area contributed by atoms with Gasteiger partial charge in [-0.15, -0.1) is 0 Å². The molecule has 0 saturated carbocycles. The molecular weight excluding hydrogens is 195 g/mol. The van der Waals surface area contributed by atoms with Crippen LogP contribution in [0.15, 0.2) is 0 Å². The van der Waals surface area contributed by atoms with Gasteiger partial charge < -0.3 is 4.43 Å². The molecule has 14 heavy (non-hydrogen) atoms. The highest BCUT2D eigenvalue weighted by molar-refractivity contribution is 6.26. The summed E-state index contributed by atoms with van der Waals surface area (Å²) in [5.41, 5.74) is 0. The first kappa shape index (κ1) is 16.5. The Hall–Kier alpha value is 0.107. The van der Waals surface area contributed by atoms with Crippen molar-refractivity contribution in [2.45, 2.75) is 64.3 Å². The standard InChI is InChI=1S/C11H26OSi.FH/c1-3-4-5-6-7-8-9-10-11-13-12-2;/h3-11,13H2,1-2H3;1H. The highest BCUT2D eigenvalue weighted by Crippen LogP contribution is 2.09. The largest absolute Gasteiger partial charge is 0.427 e. The van der Waals surface area contributed by atoms with Gasteiger partial charge in [0.1, 0.15) is 0 Å². The molecule has 0 spiro atoms. The molecule has 0 aromatic heterocycles. The molecule has 0 aliphatic carbocycles. The molecule has 0 aromatic rings. The third-order valence-corrected chi connectivity index (χ3v) is 3.65. The Bertz CT molecular complexity index is 81.4. The maximum Gasteiger partial charge on any atom is 0.161 e. The molecule has 0 saturated heterocycles. The highest BCUT2D eigenvalue weighted by Gasteiger charge is 1.91. The SMILES string of the molecule is CCCCCCCCCC[SiH2]OC.F. The molecular formula is C11H27FOSi. The van der Waals surface area contributed by atoms with E-state index in [2.05, 4.69) is 6.92 Å². The molecule has 0 rings (SSSR count). The molecule has 1 nitrogen and oxygen atoms in total. The minimum atomic E-state index is -0.126. The Morgan fingerprint density at radius 2 is 1.36 bits per heavy atom. The first-order valence-electron chi connectivity index (χ1n) is 5.90. The summed E-state index contributed by atoms with van der Waals surface area (Å²) in [5.74, 6) is 0. The van der Waals surface area contributed by atoms with Gasteiger partial charge in [-0.05, 0) is 6.04 Å². The van der Waals surface area contributed by atoms with Crippen molar-refractivity contribution in [1.29, 1.82) is 0 Å². The van der Waals surface area contributed by atoms with Crippen LogP contribution in [0.1, 0.15) is 58.3 Å². The van der Waals surface area contributed by atoms with Gasteiger partial charge in [-0.2, -0.15) is 0 Å². The normalized spacial score (nSPS) is 10.7. The summed E-state index contributed by atoms with van der Waals surface area (Å²) in [6.07, 6.45) is 11.4. The Morgan fingerprint density at radius 1 is 0.857 bits per heavy atom. The van der Waals surface area contributed by atoms with Gasteiger partial charge in [0.2, 0.25) is 0 Å². The molecule has 3 heteroatoms. The fourth-order valence-electron chi connectivity index (χ4n) is 1.56. The molecule has 0 N–H and O–H groups in total. The van der Waals surface area contributed by atoms with Crippen LogP contribution in [-0.2, 0) is 4.43 Å². The fourth-order valence-corrected chi connectivity index (χ4v) is 2.40. The maximum atomic E-state index is 5.14. The Labute approximate surface area is 90.9 Å². The van der Waals surface area contributed by atoms with Crippen molar-refractivity contribution in [3.63, 3.8) is 0 Å². The van der Waals surface area contributed by atoms with Crippen molar-refractivity contribution in [3.05, 3.63) is 0 Å². The van der Waals surface area contributed by atoms with Crippen molar-refractivity contribution >= 4 is 9.76 Å². The van der Waals surface area contributed by atoms with E-state index >= 15 is 0 Å². The monoisotopic (exact) mass is 222 g/mol. The first-order chi connectivity index (χ1) is 6.41. The Kier molecular flexibility index (Phi) is 18.4. The summed E-state index contributed by atoms with van der Waals surface area (Å²) in [6.45, 7) is 2.27. The second-order valence-corrected chi connectivity index (χ2v) is 5.51. The molecule has 0 amide bonds. The van der Waals surface area contributed by atoms with E-state index in [9.17, 15) is 0 Å². The zero-order chi connectivity index (χ0) is 9.78. The molecule has 0 aliphatic rings. The van der Waals surface area contributed by atoms with Crippen molar-refractivity contribution in [2.24, 2.45) is 0 Å². The van der Waals surface area contributed by atoms with Gasteiger partial charge in [-0.3, -0.25) is 4.70 Å². The lowest BCUT2D eigenvalue weighted by Gasteiger charge is -2.00. The van der Waals surface area contributed by atoms with Gasteiger partial charge in [0.05, 0.1) is 0 Å². The molecule has 0 aliphatic heterocycles. The van der Waals surface area contributed by atoms with E-state index in [4.69, 9.17) is 4.43 Å². The third kappa shape index (κ3) is 14.6. The molecule has 88 valence electrons. The Morgan fingerprint density at radius 3 is 1.86 bits per heavy atom. The smallest absolute Gasteiger partial charge is 0.161 e. The van der Waals surface area contributed by atoms with E-state index < -0.39 is 0 Å². The summed E-state index contributed by atoms with van der Waals surface area (Å²) in [5, 5.41) is 0. The lowest BCUT2D eigenvalue weighted by molar-refractivity contribution is 0.438. The van der Waals surface area contributed by atoms with Crippen LogP contribution < -0.4 is 0 Å². The maximum absolute atomic E-state index is 5.14. The van der Waals surface area contributed by atoms with Gasteiger partial charge in [0.15, 0.2) is 9.76 Å². The average molecular weight is 222 g/mol. The molecule has 0 bridgehead atoms. The number of hydrogen-bond acceptors (Lipinski definition) is 1. The van der Waals surface area contributed by atoms with Gasteiger partial charge in [-0.1, -0.05) is 58.3 Å². The average Bonchev–Trinajstić information content (AvgIpc) is 2.16. The lowest BCUT2D eigenvalue weighted by Crippen LogP contribution is -1.91. The predicted octanol–water partition coefficient (Wildman–Crippen LogP) is 3.43. The van der Waals surface area contributed by atoms with Gasteiger partial charge in [-0.25, -0.2) is 0 Å². The van der Waals surface area contributed by atoms with E-state index in [0.29, 0.717) is 0 Å². The van der Waals surface area contributed by atoms with E-state index in [1.807, 2.05) is 7.11 Å².